The third-order valence-corrected chi connectivity index (χ3v) is 5.50. The zero-order chi connectivity index (χ0) is 17.6. The van der Waals surface area contributed by atoms with E-state index in [1.807, 2.05) is 42.5 Å². The highest BCUT2D eigenvalue weighted by Gasteiger charge is 2.26. The van der Waals surface area contributed by atoms with Crippen LogP contribution in [0.5, 0.6) is 5.75 Å². The van der Waals surface area contributed by atoms with Crippen molar-refractivity contribution in [2.24, 2.45) is 0 Å². The summed E-state index contributed by atoms with van der Waals surface area (Å²) in [6.45, 7) is 0. The molecule has 0 radical (unpaired) electrons. The van der Waals surface area contributed by atoms with Gasteiger partial charge in [0.15, 0.2) is 5.78 Å². The Bertz CT molecular complexity index is 731. The molecule has 0 aliphatic heterocycles. The number of Topliss-reactive ketones (excluding diaryl/α,β-unsaturated/α-hetero) is 1. The molecule has 0 aliphatic carbocycles. The summed E-state index contributed by atoms with van der Waals surface area (Å²) in [5.41, 5.74) is 2.60. The van der Waals surface area contributed by atoms with Crippen LogP contribution in [0.25, 0.3) is 0 Å². The van der Waals surface area contributed by atoms with Gasteiger partial charge in [-0.1, -0.05) is 30.3 Å². The SMILES string of the molecule is COc1ccc(Cc2cccc(C(=O)CP(=O)(OC)OC)c2)cc1. The lowest BCUT2D eigenvalue weighted by molar-refractivity contribution is 0.101. The maximum absolute atomic E-state index is 12.3. The van der Waals surface area contributed by atoms with Crippen molar-refractivity contribution in [2.45, 2.75) is 6.42 Å². The van der Waals surface area contributed by atoms with Crippen LogP contribution in [0, 0.1) is 0 Å². The van der Waals surface area contributed by atoms with Gasteiger partial charge in [0, 0.05) is 19.8 Å². The lowest BCUT2D eigenvalue weighted by Crippen LogP contribution is -2.08. The Labute approximate surface area is 142 Å². The lowest BCUT2D eigenvalue weighted by atomic mass is 10.0. The van der Waals surface area contributed by atoms with E-state index in [2.05, 4.69) is 0 Å². The van der Waals surface area contributed by atoms with Crippen molar-refractivity contribution >= 4 is 13.4 Å². The van der Waals surface area contributed by atoms with E-state index in [1.54, 1.807) is 13.2 Å². The van der Waals surface area contributed by atoms with E-state index in [-0.39, 0.29) is 11.9 Å². The Kier molecular flexibility index (Phi) is 6.32. The summed E-state index contributed by atoms with van der Waals surface area (Å²) >= 11 is 0. The summed E-state index contributed by atoms with van der Waals surface area (Å²) < 4.78 is 26.9. The average molecular weight is 348 g/mol. The first-order valence-corrected chi connectivity index (χ1v) is 9.18. The predicted octanol–water partition coefficient (Wildman–Crippen LogP) is 3.95. The first-order chi connectivity index (χ1) is 11.5. The molecule has 0 saturated heterocycles. The highest BCUT2D eigenvalue weighted by Crippen LogP contribution is 2.46. The fourth-order valence-electron chi connectivity index (χ4n) is 2.30. The minimum Gasteiger partial charge on any atom is -0.497 e. The number of hydrogen-bond acceptors (Lipinski definition) is 5. The second kappa shape index (κ2) is 8.25. The molecule has 0 heterocycles. The van der Waals surface area contributed by atoms with Gasteiger partial charge >= 0.3 is 7.60 Å². The van der Waals surface area contributed by atoms with Gasteiger partial charge in [0.25, 0.3) is 0 Å². The molecule has 2 rings (SSSR count). The van der Waals surface area contributed by atoms with Crippen LogP contribution in [0.2, 0.25) is 0 Å². The third kappa shape index (κ3) is 4.78. The summed E-state index contributed by atoms with van der Waals surface area (Å²) in [5.74, 6) is 0.538. The van der Waals surface area contributed by atoms with Gasteiger partial charge in [-0.25, -0.2) is 0 Å². The number of benzene rings is 2. The summed E-state index contributed by atoms with van der Waals surface area (Å²) in [5, 5.41) is 0. The predicted molar refractivity (Wildman–Crippen MR) is 93.1 cm³/mol. The van der Waals surface area contributed by atoms with E-state index in [9.17, 15) is 9.36 Å². The van der Waals surface area contributed by atoms with Crippen molar-refractivity contribution in [2.75, 3.05) is 27.5 Å². The van der Waals surface area contributed by atoms with Crippen LogP contribution in [0.15, 0.2) is 48.5 Å². The van der Waals surface area contributed by atoms with Crippen molar-refractivity contribution in [1.29, 1.82) is 0 Å². The molecule has 0 bridgehead atoms. The summed E-state index contributed by atoms with van der Waals surface area (Å²) in [4.78, 5) is 12.3. The molecule has 0 aromatic heterocycles. The molecule has 2 aromatic carbocycles. The molecule has 0 aliphatic rings. The van der Waals surface area contributed by atoms with E-state index < -0.39 is 7.60 Å². The van der Waals surface area contributed by atoms with Crippen LogP contribution in [0.4, 0.5) is 0 Å². The molecule has 0 N–H and O–H groups in total. The van der Waals surface area contributed by atoms with Gasteiger partial charge in [-0.05, 0) is 35.7 Å². The molecule has 24 heavy (non-hydrogen) atoms. The molecular weight excluding hydrogens is 327 g/mol. The Hall–Kier alpha value is -1.94. The molecule has 6 heteroatoms. The molecule has 128 valence electrons. The van der Waals surface area contributed by atoms with Crippen LogP contribution >= 0.6 is 7.60 Å². The van der Waals surface area contributed by atoms with Gasteiger partial charge < -0.3 is 13.8 Å². The first-order valence-electron chi connectivity index (χ1n) is 7.45. The number of methoxy groups -OCH3 is 1. The van der Waals surface area contributed by atoms with E-state index in [4.69, 9.17) is 13.8 Å². The number of ether oxygens (including phenoxy) is 1. The number of carbonyl (C=O) groups excluding carboxylic acids is 1. The summed E-state index contributed by atoms with van der Waals surface area (Å²) in [6, 6.07) is 15.0. The zero-order valence-electron chi connectivity index (χ0n) is 14.0. The van der Waals surface area contributed by atoms with E-state index in [1.165, 1.54) is 14.2 Å². The van der Waals surface area contributed by atoms with Crippen LogP contribution in [0.3, 0.4) is 0 Å². The van der Waals surface area contributed by atoms with Crippen molar-refractivity contribution in [3.63, 3.8) is 0 Å². The van der Waals surface area contributed by atoms with Gasteiger partial charge in [0.2, 0.25) is 0 Å². The van der Waals surface area contributed by atoms with Gasteiger partial charge in [-0.3, -0.25) is 9.36 Å². The maximum Gasteiger partial charge on any atom is 0.337 e. The monoisotopic (exact) mass is 348 g/mol. The Balaban J connectivity index is 2.13. The molecule has 0 atom stereocenters. The Morgan fingerprint density at radius 2 is 1.62 bits per heavy atom. The highest BCUT2D eigenvalue weighted by molar-refractivity contribution is 7.54. The van der Waals surface area contributed by atoms with Gasteiger partial charge in [-0.15, -0.1) is 0 Å². The minimum atomic E-state index is -3.36. The minimum absolute atomic E-state index is 0.265. The molecule has 0 amide bonds. The van der Waals surface area contributed by atoms with Crippen LogP contribution in [-0.4, -0.2) is 33.3 Å². The zero-order valence-corrected chi connectivity index (χ0v) is 14.9. The quantitative estimate of drug-likeness (QED) is 0.534. The Morgan fingerprint density at radius 1 is 0.958 bits per heavy atom. The topological polar surface area (TPSA) is 61.8 Å². The van der Waals surface area contributed by atoms with Crippen LogP contribution < -0.4 is 4.74 Å². The second-order valence-electron chi connectivity index (χ2n) is 5.28. The van der Waals surface area contributed by atoms with E-state index >= 15 is 0 Å². The second-order valence-corrected chi connectivity index (χ2v) is 7.55. The van der Waals surface area contributed by atoms with E-state index in [0.717, 1.165) is 16.9 Å². The van der Waals surface area contributed by atoms with Crippen molar-refractivity contribution in [1.82, 2.24) is 0 Å². The molecule has 2 aromatic rings. The van der Waals surface area contributed by atoms with Crippen molar-refractivity contribution in [3.05, 3.63) is 65.2 Å². The largest absolute Gasteiger partial charge is 0.497 e. The van der Waals surface area contributed by atoms with E-state index in [0.29, 0.717) is 12.0 Å². The third-order valence-electron chi connectivity index (χ3n) is 3.71. The first kappa shape index (κ1) is 18.4. The normalized spacial score (nSPS) is 11.3. The van der Waals surface area contributed by atoms with Crippen LogP contribution in [0.1, 0.15) is 21.5 Å². The maximum atomic E-state index is 12.3. The fraction of sp³-hybridized carbons (Fsp3) is 0.278. The number of rotatable bonds is 8. The number of carbonyl (C=O) groups is 1. The van der Waals surface area contributed by atoms with Gasteiger partial charge in [0.05, 0.1) is 7.11 Å². The van der Waals surface area contributed by atoms with Crippen LogP contribution in [-0.2, 0) is 20.0 Å². The number of ketones is 1. The average Bonchev–Trinajstić information content (AvgIpc) is 2.62. The molecule has 5 nitrogen and oxygen atoms in total. The molecule has 0 saturated carbocycles. The highest BCUT2D eigenvalue weighted by atomic mass is 31.2. The molecule has 0 unspecified atom stereocenters. The smallest absolute Gasteiger partial charge is 0.337 e. The molecule has 0 spiro atoms. The van der Waals surface area contributed by atoms with Crippen molar-refractivity contribution < 1.29 is 23.1 Å². The Morgan fingerprint density at radius 3 is 2.21 bits per heavy atom. The molecular formula is C18H21O5P. The molecule has 0 fully saturated rings. The van der Waals surface area contributed by atoms with Crippen molar-refractivity contribution in [3.8, 4) is 5.75 Å². The van der Waals surface area contributed by atoms with Gasteiger partial charge in [-0.2, -0.15) is 0 Å². The number of hydrogen-bond donors (Lipinski definition) is 0. The van der Waals surface area contributed by atoms with Gasteiger partial charge in [0.1, 0.15) is 11.9 Å². The lowest BCUT2D eigenvalue weighted by Gasteiger charge is -2.13. The summed E-state index contributed by atoms with van der Waals surface area (Å²) in [7, 11) is 0.822. The fourth-order valence-corrected chi connectivity index (χ4v) is 3.25. The summed E-state index contributed by atoms with van der Waals surface area (Å²) in [6.07, 6.45) is 0.420. The standard InChI is InChI=1S/C18H21O5P/c1-21-17-9-7-14(8-10-17)11-15-5-4-6-16(12-15)18(19)13-24(20,22-2)23-3/h4-10,12H,11,13H2,1-3H3.